The second kappa shape index (κ2) is 10.2. The topological polar surface area (TPSA) is 52.7 Å². The maximum absolute atomic E-state index is 13.1. The average molecular weight is 426 g/mol. The molecule has 30 heavy (non-hydrogen) atoms. The lowest BCUT2D eigenvalue weighted by atomic mass is 9.88. The molecule has 160 valence electrons. The van der Waals surface area contributed by atoms with Crippen molar-refractivity contribution in [1.82, 2.24) is 9.80 Å². The van der Waals surface area contributed by atoms with Crippen molar-refractivity contribution in [3.05, 3.63) is 52.2 Å². The van der Waals surface area contributed by atoms with E-state index >= 15 is 0 Å². The fraction of sp³-hybridized carbons (Fsp3) is 0.500. The standard InChI is InChI=1S/C24H31N3O2S/c28-23(19-7-2-1-3-8-19)25-21-10-4-9-20(17-21)24(29)27-13-6-12-26(14-15-27)18-22-11-5-16-30-22/h4-5,9-11,16-17,19H,1-3,6-8,12-15,18H2,(H,25,28). The van der Waals surface area contributed by atoms with E-state index in [1.54, 1.807) is 11.3 Å². The molecule has 1 aliphatic carbocycles. The molecule has 2 amide bonds. The Balaban J connectivity index is 1.34. The number of carbonyl (C=O) groups excluding carboxylic acids is 2. The molecule has 2 fully saturated rings. The van der Waals surface area contributed by atoms with Crippen LogP contribution in [0.4, 0.5) is 5.69 Å². The third kappa shape index (κ3) is 5.49. The number of nitrogens with zero attached hydrogens (tertiary/aromatic N) is 2. The number of carbonyl (C=O) groups is 2. The second-order valence-electron chi connectivity index (χ2n) is 8.41. The molecule has 0 bridgehead atoms. The smallest absolute Gasteiger partial charge is 0.253 e. The molecule has 1 aromatic carbocycles. The SMILES string of the molecule is O=C(Nc1cccc(C(=O)N2CCCN(Cc3cccs3)CC2)c1)C1CCCCC1. The van der Waals surface area contributed by atoms with E-state index in [0.29, 0.717) is 5.56 Å². The van der Waals surface area contributed by atoms with Gasteiger partial charge in [0, 0.05) is 54.8 Å². The first kappa shape index (κ1) is 21.1. The zero-order valence-electron chi connectivity index (χ0n) is 17.5. The molecule has 1 aliphatic heterocycles. The van der Waals surface area contributed by atoms with E-state index in [1.807, 2.05) is 29.2 Å². The zero-order chi connectivity index (χ0) is 20.8. The van der Waals surface area contributed by atoms with Gasteiger partial charge in [-0.15, -0.1) is 11.3 Å². The predicted molar refractivity (Wildman–Crippen MR) is 122 cm³/mol. The normalized spacial score (nSPS) is 18.7. The summed E-state index contributed by atoms with van der Waals surface area (Å²) in [5.41, 5.74) is 1.38. The average Bonchev–Trinajstić information content (AvgIpc) is 3.18. The van der Waals surface area contributed by atoms with Crippen LogP contribution < -0.4 is 5.32 Å². The Labute approximate surface area is 183 Å². The van der Waals surface area contributed by atoms with Gasteiger partial charge in [0.1, 0.15) is 0 Å². The zero-order valence-corrected chi connectivity index (χ0v) is 18.3. The van der Waals surface area contributed by atoms with Gasteiger partial charge in [0.05, 0.1) is 0 Å². The van der Waals surface area contributed by atoms with Gasteiger partial charge in [0.25, 0.3) is 5.91 Å². The van der Waals surface area contributed by atoms with Crippen LogP contribution in [0.2, 0.25) is 0 Å². The summed E-state index contributed by atoms with van der Waals surface area (Å²) in [6.45, 7) is 4.38. The molecule has 1 saturated heterocycles. The summed E-state index contributed by atoms with van der Waals surface area (Å²) in [4.78, 5) is 31.4. The van der Waals surface area contributed by atoms with Crippen molar-refractivity contribution in [2.75, 3.05) is 31.5 Å². The van der Waals surface area contributed by atoms with Crippen molar-refractivity contribution < 1.29 is 9.59 Å². The molecule has 5 nitrogen and oxygen atoms in total. The summed E-state index contributed by atoms with van der Waals surface area (Å²) < 4.78 is 0. The van der Waals surface area contributed by atoms with Gasteiger partial charge in [0.15, 0.2) is 0 Å². The number of benzene rings is 1. The van der Waals surface area contributed by atoms with E-state index in [2.05, 4.69) is 27.7 Å². The number of hydrogen-bond acceptors (Lipinski definition) is 4. The van der Waals surface area contributed by atoms with Crippen molar-refractivity contribution in [3.8, 4) is 0 Å². The van der Waals surface area contributed by atoms with E-state index in [1.165, 1.54) is 11.3 Å². The van der Waals surface area contributed by atoms with E-state index in [4.69, 9.17) is 0 Å². The second-order valence-corrected chi connectivity index (χ2v) is 9.44. The van der Waals surface area contributed by atoms with Crippen molar-refractivity contribution in [3.63, 3.8) is 0 Å². The number of hydrogen-bond donors (Lipinski definition) is 1. The lowest BCUT2D eigenvalue weighted by Gasteiger charge is -2.22. The van der Waals surface area contributed by atoms with Gasteiger partial charge in [-0.25, -0.2) is 0 Å². The van der Waals surface area contributed by atoms with Gasteiger partial charge >= 0.3 is 0 Å². The molecule has 2 aromatic rings. The molecular formula is C24H31N3O2S. The Morgan fingerprint density at radius 3 is 2.63 bits per heavy atom. The van der Waals surface area contributed by atoms with E-state index in [0.717, 1.165) is 70.5 Å². The molecule has 0 spiro atoms. The van der Waals surface area contributed by atoms with Gasteiger partial charge in [-0.3, -0.25) is 14.5 Å². The van der Waals surface area contributed by atoms with E-state index in [9.17, 15) is 9.59 Å². The Hall–Kier alpha value is -2.18. The Morgan fingerprint density at radius 1 is 0.967 bits per heavy atom. The van der Waals surface area contributed by atoms with Crippen LogP contribution in [0.25, 0.3) is 0 Å². The number of nitrogens with one attached hydrogen (secondary N) is 1. The van der Waals surface area contributed by atoms with Crippen molar-refractivity contribution in [1.29, 1.82) is 0 Å². The van der Waals surface area contributed by atoms with Crippen LogP contribution in [0.1, 0.15) is 53.8 Å². The van der Waals surface area contributed by atoms with Gasteiger partial charge < -0.3 is 10.2 Å². The van der Waals surface area contributed by atoms with Crippen LogP contribution >= 0.6 is 11.3 Å². The molecule has 6 heteroatoms. The van der Waals surface area contributed by atoms with Gasteiger partial charge in [-0.1, -0.05) is 31.4 Å². The highest BCUT2D eigenvalue weighted by molar-refractivity contribution is 7.09. The van der Waals surface area contributed by atoms with Gasteiger partial charge in [-0.2, -0.15) is 0 Å². The Kier molecular flexibility index (Phi) is 7.18. The van der Waals surface area contributed by atoms with Crippen LogP contribution in [0.5, 0.6) is 0 Å². The molecule has 1 aromatic heterocycles. The van der Waals surface area contributed by atoms with Crippen molar-refractivity contribution >= 4 is 28.8 Å². The summed E-state index contributed by atoms with van der Waals surface area (Å²) in [6, 6.07) is 11.7. The minimum absolute atomic E-state index is 0.0572. The molecule has 1 N–H and O–H groups in total. The molecule has 2 heterocycles. The number of thiophene rings is 1. The van der Waals surface area contributed by atoms with E-state index < -0.39 is 0 Å². The minimum Gasteiger partial charge on any atom is -0.337 e. The minimum atomic E-state index is 0.0572. The largest absolute Gasteiger partial charge is 0.337 e. The summed E-state index contributed by atoms with van der Waals surface area (Å²) in [7, 11) is 0. The summed E-state index contributed by atoms with van der Waals surface area (Å²) in [6.07, 6.45) is 6.42. The van der Waals surface area contributed by atoms with Gasteiger partial charge in [0.2, 0.25) is 5.91 Å². The van der Waals surface area contributed by atoms with E-state index in [-0.39, 0.29) is 17.7 Å². The number of rotatable bonds is 5. The molecule has 0 atom stereocenters. The van der Waals surface area contributed by atoms with Crippen molar-refractivity contribution in [2.24, 2.45) is 5.92 Å². The maximum atomic E-state index is 13.1. The lowest BCUT2D eigenvalue weighted by molar-refractivity contribution is -0.120. The summed E-state index contributed by atoms with van der Waals surface area (Å²) >= 11 is 1.79. The van der Waals surface area contributed by atoms with Gasteiger partial charge in [-0.05, 0) is 48.9 Å². The van der Waals surface area contributed by atoms with Crippen LogP contribution in [0.3, 0.4) is 0 Å². The predicted octanol–water partition coefficient (Wildman–Crippen LogP) is 4.62. The summed E-state index contributed by atoms with van der Waals surface area (Å²) in [5, 5.41) is 5.15. The molecular weight excluding hydrogens is 394 g/mol. The van der Waals surface area contributed by atoms with Crippen LogP contribution in [-0.2, 0) is 11.3 Å². The molecule has 4 rings (SSSR count). The molecule has 1 saturated carbocycles. The quantitative estimate of drug-likeness (QED) is 0.761. The molecule has 2 aliphatic rings. The maximum Gasteiger partial charge on any atom is 0.253 e. The lowest BCUT2D eigenvalue weighted by Crippen LogP contribution is -2.35. The molecule has 0 radical (unpaired) electrons. The first-order chi connectivity index (χ1) is 14.7. The van der Waals surface area contributed by atoms with Crippen molar-refractivity contribution in [2.45, 2.75) is 45.1 Å². The summed E-state index contributed by atoms with van der Waals surface area (Å²) in [5.74, 6) is 0.262. The Morgan fingerprint density at radius 2 is 1.83 bits per heavy atom. The first-order valence-corrected chi connectivity index (χ1v) is 12.0. The highest BCUT2D eigenvalue weighted by Crippen LogP contribution is 2.25. The fourth-order valence-electron chi connectivity index (χ4n) is 4.48. The highest BCUT2D eigenvalue weighted by Gasteiger charge is 2.23. The first-order valence-electron chi connectivity index (χ1n) is 11.1. The van der Waals surface area contributed by atoms with Crippen LogP contribution in [0, 0.1) is 5.92 Å². The fourth-order valence-corrected chi connectivity index (χ4v) is 5.22. The monoisotopic (exact) mass is 425 g/mol. The third-order valence-corrected chi connectivity index (χ3v) is 7.05. The van der Waals surface area contributed by atoms with Crippen LogP contribution in [0.15, 0.2) is 41.8 Å². The highest BCUT2D eigenvalue weighted by atomic mass is 32.1. The molecule has 0 unspecified atom stereocenters. The van der Waals surface area contributed by atoms with Crippen LogP contribution in [-0.4, -0.2) is 47.8 Å². The Bertz CT molecular complexity index is 846. The number of anilines is 1. The number of amides is 2. The third-order valence-electron chi connectivity index (χ3n) is 6.19.